The predicted molar refractivity (Wildman–Crippen MR) is 53.6 cm³/mol. The molecule has 4 nitrogen and oxygen atoms in total. The van der Waals surface area contributed by atoms with Crippen LogP contribution in [0.4, 0.5) is 0 Å². The molecule has 78 valence electrons. The van der Waals surface area contributed by atoms with E-state index in [0.717, 1.165) is 18.7 Å². The summed E-state index contributed by atoms with van der Waals surface area (Å²) in [5.74, 6) is 0. The van der Waals surface area contributed by atoms with Gasteiger partial charge in [0.05, 0.1) is 12.4 Å². The average Bonchev–Trinajstić information content (AvgIpc) is 2.64. The summed E-state index contributed by atoms with van der Waals surface area (Å²) in [7, 11) is 0. The van der Waals surface area contributed by atoms with Crippen LogP contribution < -0.4 is 5.32 Å². The normalized spacial score (nSPS) is 29.9. The maximum absolute atomic E-state index is 9.54. The van der Waals surface area contributed by atoms with Gasteiger partial charge in [-0.1, -0.05) is 13.8 Å². The molecule has 2 atom stereocenters. The summed E-state index contributed by atoms with van der Waals surface area (Å²) in [5.41, 5.74) is 1.09. The minimum absolute atomic E-state index is 0.0000213. The lowest BCUT2D eigenvalue weighted by atomic mass is 9.64. The van der Waals surface area contributed by atoms with Crippen molar-refractivity contribution in [3.05, 3.63) is 18.2 Å². The Balaban J connectivity index is 1.83. The van der Waals surface area contributed by atoms with Gasteiger partial charge in [-0.2, -0.15) is 0 Å². The SMILES string of the molecule is CC1(C)C(O)CC1NCc1cnc[nH]1. The number of rotatable bonds is 3. The van der Waals surface area contributed by atoms with Crippen LogP contribution in [0, 0.1) is 5.41 Å². The second-order valence-corrected chi connectivity index (χ2v) is 4.58. The van der Waals surface area contributed by atoms with Gasteiger partial charge < -0.3 is 15.4 Å². The molecule has 0 saturated heterocycles. The van der Waals surface area contributed by atoms with Crippen LogP contribution in [0.2, 0.25) is 0 Å². The fourth-order valence-electron chi connectivity index (χ4n) is 1.86. The summed E-state index contributed by atoms with van der Waals surface area (Å²) in [4.78, 5) is 6.99. The lowest BCUT2D eigenvalue weighted by Crippen LogP contribution is -2.59. The molecule has 1 aliphatic carbocycles. The van der Waals surface area contributed by atoms with Gasteiger partial charge in [0.1, 0.15) is 0 Å². The highest BCUT2D eigenvalue weighted by Crippen LogP contribution is 2.40. The van der Waals surface area contributed by atoms with E-state index in [1.54, 1.807) is 6.33 Å². The molecule has 0 amide bonds. The fraction of sp³-hybridized carbons (Fsp3) is 0.700. The molecule has 0 aliphatic heterocycles. The summed E-state index contributed by atoms with van der Waals surface area (Å²) in [5, 5.41) is 13.0. The zero-order valence-corrected chi connectivity index (χ0v) is 8.62. The van der Waals surface area contributed by atoms with Crippen molar-refractivity contribution in [1.82, 2.24) is 15.3 Å². The van der Waals surface area contributed by atoms with E-state index in [1.807, 2.05) is 6.20 Å². The van der Waals surface area contributed by atoms with Crippen LogP contribution in [0.1, 0.15) is 26.0 Å². The maximum atomic E-state index is 9.54. The Morgan fingerprint density at radius 3 is 3.00 bits per heavy atom. The Morgan fingerprint density at radius 2 is 2.50 bits per heavy atom. The highest BCUT2D eigenvalue weighted by molar-refractivity contribution is 5.03. The molecule has 14 heavy (non-hydrogen) atoms. The van der Waals surface area contributed by atoms with Gasteiger partial charge >= 0.3 is 0 Å². The van der Waals surface area contributed by atoms with E-state index in [-0.39, 0.29) is 11.5 Å². The first-order valence-corrected chi connectivity index (χ1v) is 4.99. The van der Waals surface area contributed by atoms with Gasteiger partial charge in [0.2, 0.25) is 0 Å². The number of aromatic amines is 1. The molecule has 4 heteroatoms. The number of nitrogens with zero attached hydrogens (tertiary/aromatic N) is 1. The molecule has 1 heterocycles. The minimum Gasteiger partial charge on any atom is -0.392 e. The van der Waals surface area contributed by atoms with Crippen molar-refractivity contribution in [3.8, 4) is 0 Å². The van der Waals surface area contributed by atoms with Crippen molar-refractivity contribution in [2.45, 2.75) is 39.0 Å². The Morgan fingerprint density at radius 1 is 1.71 bits per heavy atom. The molecule has 1 aromatic rings. The van der Waals surface area contributed by atoms with Crippen LogP contribution in [-0.2, 0) is 6.54 Å². The van der Waals surface area contributed by atoms with E-state index in [4.69, 9.17) is 0 Å². The first-order chi connectivity index (χ1) is 6.60. The van der Waals surface area contributed by atoms with Gasteiger partial charge in [-0.05, 0) is 6.42 Å². The van der Waals surface area contributed by atoms with Crippen molar-refractivity contribution >= 4 is 0 Å². The van der Waals surface area contributed by atoms with Crippen molar-refractivity contribution < 1.29 is 5.11 Å². The maximum Gasteiger partial charge on any atom is 0.0922 e. The van der Waals surface area contributed by atoms with Crippen LogP contribution in [-0.4, -0.2) is 27.2 Å². The first kappa shape index (κ1) is 9.68. The van der Waals surface area contributed by atoms with Gasteiger partial charge in [-0.3, -0.25) is 0 Å². The summed E-state index contributed by atoms with van der Waals surface area (Å²) < 4.78 is 0. The number of nitrogens with one attached hydrogen (secondary N) is 2. The highest BCUT2D eigenvalue weighted by Gasteiger charge is 2.46. The third-order valence-corrected chi connectivity index (χ3v) is 3.31. The van der Waals surface area contributed by atoms with E-state index in [2.05, 4.69) is 29.1 Å². The molecule has 2 unspecified atom stereocenters. The topological polar surface area (TPSA) is 60.9 Å². The number of aliphatic hydroxyl groups is 1. The monoisotopic (exact) mass is 195 g/mol. The quantitative estimate of drug-likeness (QED) is 0.664. The van der Waals surface area contributed by atoms with Crippen LogP contribution in [0.25, 0.3) is 0 Å². The molecule has 1 fully saturated rings. The fourth-order valence-corrected chi connectivity index (χ4v) is 1.86. The number of H-pyrrole nitrogens is 1. The zero-order chi connectivity index (χ0) is 10.2. The molecule has 2 rings (SSSR count). The zero-order valence-electron chi connectivity index (χ0n) is 8.62. The van der Waals surface area contributed by atoms with E-state index < -0.39 is 0 Å². The van der Waals surface area contributed by atoms with Crippen LogP contribution >= 0.6 is 0 Å². The van der Waals surface area contributed by atoms with Crippen molar-refractivity contribution in [2.24, 2.45) is 5.41 Å². The van der Waals surface area contributed by atoms with Gasteiger partial charge in [0, 0.05) is 29.9 Å². The number of aliphatic hydroxyl groups excluding tert-OH is 1. The summed E-state index contributed by atoms with van der Waals surface area (Å²) in [6.45, 7) is 4.97. The Labute approximate surface area is 83.8 Å². The third kappa shape index (κ3) is 1.55. The second-order valence-electron chi connectivity index (χ2n) is 4.58. The lowest BCUT2D eigenvalue weighted by molar-refractivity contribution is -0.0730. The smallest absolute Gasteiger partial charge is 0.0922 e. The first-order valence-electron chi connectivity index (χ1n) is 4.99. The summed E-state index contributed by atoms with van der Waals surface area (Å²) in [6.07, 6.45) is 4.18. The molecule has 1 saturated carbocycles. The second kappa shape index (κ2) is 3.37. The van der Waals surface area contributed by atoms with Crippen molar-refractivity contribution in [2.75, 3.05) is 0 Å². The molecular formula is C10H17N3O. The molecule has 3 N–H and O–H groups in total. The average molecular weight is 195 g/mol. The van der Waals surface area contributed by atoms with Crippen molar-refractivity contribution in [1.29, 1.82) is 0 Å². The van der Waals surface area contributed by atoms with Crippen LogP contribution in [0.15, 0.2) is 12.5 Å². The molecule has 1 aliphatic rings. The van der Waals surface area contributed by atoms with Crippen LogP contribution in [0.5, 0.6) is 0 Å². The van der Waals surface area contributed by atoms with Crippen LogP contribution in [0.3, 0.4) is 0 Å². The van der Waals surface area contributed by atoms with Gasteiger partial charge in [0.15, 0.2) is 0 Å². The molecule has 0 bridgehead atoms. The Bertz CT molecular complexity index is 294. The Hall–Kier alpha value is -0.870. The lowest BCUT2D eigenvalue weighted by Gasteiger charge is -2.49. The number of aromatic nitrogens is 2. The molecule has 0 radical (unpaired) electrons. The van der Waals surface area contributed by atoms with Gasteiger partial charge in [-0.25, -0.2) is 4.98 Å². The minimum atomic E-state index is -0.165. The number of imidazole rings is 1. The highest BCUT2D eigenvalue weighted by atomic mass is 16.3. The largest absolute Gasteiger partial charge is 0.392 e. The van der Waals surface area contributed by atoms with Gasteiger partial charge in [0.25, 0.3) is 0 Å². The summed E-state index contributed by atoms with van der Waals surface area (Å²) >= 11 is 0. The van der Waals surface area contributed by atoms with E-state index >= 15 is 0 Å². The predicted octanol–water partition coefficient (Wildman–Crippen LogP) is 0.659. The van der Waals surface area contributed by atoms with E-state index in [1.165, 1.54) is 0 Å². The number of hydrogen-bond acceptors (Lipinski definition) is 3. The van der Waals surface area contributed by atoms with E-state index in [0.29, 0.717) is 6.04 Å². The third-order valence-electron chi connectivity index (χ3n) is 3.31. The molecule has 0 spiro atoms. The molecule has 0 aromatic carbocycles. The standard InChI is InChI=1S/C10H17N3O/c1-10(2)8(3-9(10)14)12-5-7-4-11-6-13-7/h4,6,8-9,12,14H,3,5H2,1-2H3,(H,11,13). The van der Waals surface area contributed by atoms with E-state index in [9.17, 15) is 5.11 Å². The Kier molecular flexibility index (Phi) is 2.33. The number of hydrogen-bond donors (Lipinski definition) is 3. The molecular weight excluding hydrogens is 178 g/mol. The van der Waals surface area contributed by atoms with Gasteiger partial charge in [-0.15, -0.1) is 0 Å². The molecule has 1 aromatic heterocycles. The summed E-state index contributed by atoms with van der Waals surface area (Å²) in [6, 6.07) is 0.404. The van der Waals surface area contributed by atoms with Crippen molar-refractivity contribution in [3.63, 3.8) is 0 Å².